The lowest BCUT2D eigenvalue weighted by Crippen LogP contribution is -2.34. The summed E-state index contributed by atoms with van der Waals surface area (Å²) in [6.45, 7) is -1.30. The molecular weight excluding hydrogens is 344 g/mol. The fraction of sp³-hybridized carbons (Fsp3) is 0.615. The zero-order valence-corrected chi connectivity index (χ0v) is 13.1. The Morgan fingerprint density at radius 2 is 2.20 bits per heavy atom. The van der Waals surface area contributed by atoms with Crippen LogP contribution in [0.15, 0.2) is 6.33 Å². The van der Waals surface area contributed by atoms with Gasteiger partial charge < -0.3 is 30.2 Å². The Balaban J connectivity index is 1.99. The Morgan fingerprint density at radius 3 is 2.84 bits per heavy atom. The summed E-state index contributed by atoms with van der Waals surface area (Å²) in [5, 5.41) is 19.4. The van der Waals surface area contributed by atoms with Crippen LogP contribution in [0.25, 0.3) is 11.2 Å². The third-order valence-corrected chi connectivity index (χ3v) is 3.81. The molecule has 3 rings (SSSR count). The summed E-state index contributed by atoms with van der Waals surface area (Å²) in [4.78, 5) is 11.9. The Hall–Kier alpha value is -2.15. The summed E-state index contributed by atoms with van der Waals surface area (Å²) in [7, 11) is 1.38. The van der Waals surface area contributed by atoms with Gasteiger partial charge in [0, 0.05) is 7.11 Å². The number of aliphatic hydroxyl groups is 2. The monoisotopic (exact) mass is 361 g/mol. The smallest absolute Gasteiger partial charge is 0.320 e. The molecule has 1 aliphatic heterocycles. The number of fused-ring (bicyclic) bond motifs is 1. The van der Waals surface area contributed by atoms with Gasteiger partial charge in [0.25, 0.3) is 6.43 Å². The standard InChI is InChI=1S/C13H17F2N5O5/c1-23-9-8(22)5(2-21)25-12(9)20-4-17-7-10(16)18-13(19-11(7)20)24-3-6(14)15/h4-6,8-9,12,21-22H,2-3H2,1H3,(H2,16,18,19)/t5-,8-,9-,12+/m1/s1. The van der Waals surface area contributed by atoms with Crippen LogP contribution in [0, 0.1) is 0 Å². The Labute approximate surface area is 140 Å². The number of hydrogen-bond acceptors (Lipinski definition) is 9. The maximum absolute atomic E-state index is 12.3. The summed E-state index contributed by atoms with van der Waals surface area (Å²) in [6, 6.07) is -0.335. The molecule has 4 N–H and O–H groups in total. The SMILES string of the molecule is CO[C@@H]1[C@H](O)[C@@H](CO)O[C@@H]1n1cnc2c(N)nc(OCC(F)F)nc21. The number of ether oxygens (including phenoxy) is 3. The van der Waals surface area contributed by atoms with Crippen LogP contribution in [-0.4, -0.2) is 74.8 Å². The van der Waals surface area contributed by atoms with Crippen molar-refractivity contribution >= 4 is 17.0 Å². The molecule has 0 unspecified atom stereocenters. The van der Waals surface area contributed by atoms with Crippen molar-refractivity contribution < 1.29 is 33.2 Å². The van der Waals surface area contributed by atoms with Gasteiger partial charge in [0.2, 0.25) is 0 Å². The molecular formula is C13H17F2N5O5. The zero-order chi connectivity index (χ0) is 18.1. The lowest BCUT2D eigenvalue weighted by atomic mass is 10.1. The Kier molecular flexibility index (Phi) is 4.94. The molecule has 3 heterocycles. The highest BCUT2D eigenvalue weighted by molar-refractivity contribution is 5.82. The Morgan fingerprint density at radius 1 is 1.44 bits per heavy atom. The zero-order valence-electron chi connectivity index (χ0n) is 13.1. The first-order chi connectivity index (χ1) is 12.0. The van der Waals surface area contributed by atoms with Crippen LogP contribution in [0.5, 0.6) is 6.01 Å². The van der Waals surface area contributed by atoms with E-state index in [1.54, 1.807) is 0 Å². The maximum atomic E-state index is 12.3. The van der Waals surface area contributed by atoms with Crippen molar-refractivity contribution in [1.82, 2.24) is 19.5 Å². The average molecular weight is 361 g/mol. The first kappa shape index (κ1) is 17.7. The van der Waals surface area contributed by atoms with Crippen LogP contribution in [0.1, 0.15) is 6.23 Å². The van der Waals surface area contributed by atoms with Gasteiger partial charge in [-0.25, -0.2) is 13.8 Å². The number of nitrogens with two attached hydrogens (primary N) is 1. The van der Waals surface area contributed by atoms with E-state index in [0.29, 0.717) is 0 Å². The van der Waals surface area contributed by atoms with E-state index in [9.17, 15) is 19.0 Å². The number of nitrogens with zero attached hydrogens (tertiary/aromatic N) is 4. The second-order valence-electron chi connectivity index (χ2n) is 5.36. The van der Waals surface area contributed by atoms with Crippen molar-refractivity contribution in [2.24, 2.45) is 0 Å². The molecule has 0 spiro atoms. The molecule has 0 amide bonds. The van der Waals surface area contributed by atoms with E-state index in [1.165, 1.54) is 18.0 Å². The van der Waals surface area contributed by atoms with E-state index in [-0.39, 0.29) is 23.0 Å². The largest absolute Gasteiger partial charge is 0.457 e. The number of anilines is 1. The first-order valence-corrected chi connectivity index (χ1v) is 7.34. The van der Waals surface area contributed by atoms with Crippen LogP contribution in [0.2, 0.25) is 0 Å². The number of imidazole rings is 1. The predicted octanol–water partition coefficient (Wildman–Crippen LogP) is -0.682. The van der Waals surface area contributed by atoms with E-state index in [4.69, 9.17) is 19.9 Å². The minimum absolute atomic E-state index is 0.0563. The number of rotatable bonds is 6. The van der Waals surface area contributed by atoms with E-state index in [2.05, 4.69) is 15.0 Å². The summed E-state index contributed by atoms with van der Waals surface area (Å²) < 4.78 is 41.7. The van der Waals surface area contributed by atoms with Crippen LogP contribution in [0.3, 0.4) is 0 Å². The third-order valence-electron chi connectivity index (χ3n) is 3.81. The van der Waals surface area contributed by atoms with Crippen molar-refractivity contribution in [3.63, 3.8) is 0 Å². The highest BCUT2D eigenvalue weighted by Crippen LogP contribution is 2.34. The van der Waals surface area contributed by atoms with E-state index < -0.39 is 44.2 Å². The van der Waals surface area contributed by atoms with Gasteiger partial charge in [0.1, 0.15) is 18.3 Å². The lowest BCUT2D eigenvalue weighted by molar-refractivity contribution is -0.0583. The van der Waals surface area contributed by atoms with Crippen molar-refractivity contribution in [3.8, 4) is 6.01 Å². The number of nitrogen functional groups attached to an aromatic ring is 1. The highest BCUT2D eigenvalue weighted by atomic mass is 19.3. The molecule has 138 valence electrons. The molecule has 25 heavy (non-hydrogen) atoms. The first-order valence-electron chi connectivity index (χ1n) is 7.34. The second-order valence-corrected chi connectivity index (χ2v) is 5.36. The third kappa shape index (κ3) is 3.20. The van der Waals surface area contributed by atoms with Crippen LogP contribution >= 0.6 is 0 Å². The number of alkyl halides is 2. The summed E-state index contributed by atoms with van der Waals surface area (Å²) in [5.74, 6) is -0.0563. The molecule has 1 saturated heterocycles. The molecule has 4 atom stereocenters. The molecule has 0 saturated carbocycles. The molecule has 2 aromatic heterocycles. The van der Waals surface area contributed by atoms with Crippen molar-refractivity contribution in [1.29, 1.82) is 0 Å². The molecule has 0 radical (unpaired) electrons. The molecule has 2 aromatic rings. The number of aliphatic hydroxyl groups excluding tert-OH is 2. The fourth-order valence-corrected chi connectivity index (χ4v) is 2.65. The van der Waals surface area contributed by atoms with Gasteiger partial charge in [-0.1, -0.05) is 0 Å². The quantitative estimate of drug-likeness (QED) is 0.611. The van der Waals surface area contributed by atoms with Gasteiger partial charge in [-0.15, -0.1) is 0 Å². The summed E-state index contributed by atoms with van der Waals surface area (Å²) in [6.07, 6.45) is -4.96. The van der Waals surface area contributed by atoms with Gasteiger partial charge in [-0.2, -0.15) is 9.97 Å². The molecule has 0 bridgehead atoms. The van der Waals surface area contributed by atoms with Gasteiger partial charge >= 0.3 is 6.01 Å². The average Bonchev–Trinajstić information content (AvgIpc) is 3.13. The van der Waals surface area contributed by atoms with Gasteiger partial charge in [-0.05, 0) is 0 Å². The number of hydrogen-bond donors (Lipinski definition) is 3. The van der Waals surface area contributed by atoms with Gasteiger partial charge in [0.05, 0.1) is 12.9 Å². The fourth-order valence-electron chi connectivity index (χ4n) is 2.65. The maximum Gasteiger partial charge on any atom is 0.320 e. The molecule has 12 heteroatoms. The van der Waals surface area contributed by atoms with Crippen LogP contribution in [0.4, 0.5) is 14.6 Å². The van der Waals surface area contributed by atoms with Crippen molar-refractivity contribution in [2.45, 2.75) is 31.0 Å². The lowest BCUT2D eigenvalue weighted by Gasteiger charge is -2.20. The van der Waals surface area contributed by atoms with E-state index in [0.717, 1.165) is 0 Å². The minimum Gasteiger partial charge on any atom is -0.457 e. The minimum atomic E-state index is -2.69. The molecule has 1 aliphatic rings. The van der Waals surface area contributed by atoms with Crippen LogP contribution < -0.4 is 10.5 Å². The van der Waals surface area contributed by atoms with Crippen LogP contribution in [-0.2, 0) is 9.47 Å². The molecule has 1 fully saturated rings. The van der Waals surface area contributed by atoms with Gasteiger partial charge in [-0.3, -0.25) is 4.57 Å². The second kappa shape index (κ2) is 7.00. The molecule has 0 aromatic carbocycles. The highest BCUT2D eigenvalue weighted by Gasteiger charge is 2.45. The van der Waals surface area contributed by atoms with Crippen molar-refractivity contribution in [2.75, 3.05) is 26.1 Å². The predicted molar refractivity (Wildman–Crippen MR) is 79.0 cm³/mol. The summed E-state index contributed by atoms with van der Waals surface area (Å²) >= 11 is 0. The Bertz CT molecular complexity index is 745. The molecule has 10 nitrogen and oxygen atoms in total. The van der Waals surface area contributed by atoms with Crippen molar-refractivity contribution in [3.05, 3.63) is 6.33 Å². The molecule has 0 aliphatic carbocycles. The van der Waals surface area contributed by atoms with E-state index >= 15 is 0 Å². The number of aromatic nitrogens is 4. The number of halogens is 2. The van der Waals surface area contributed by atoms with Gasteiger partial charge in [0.15, 0.2) is 29.8 Å². The normalized spacial score (nSPS) is 26.6. The summed E-state index contributed by atoms with van der Waals surface area (Å²) in [5.41, 5.74) is 6.14. The van der Waals surface area contributed by atoms with E-state index in [1.807, 2.05) is 0 Å². The topological polar surface area (TPSA) is 138 Å². The number of methoxy groups -OCH3 is 1.